The lowest BCUT2D eigenvalue weighted by molar-refractivity contribution is 0.0289. The Morgan fingerprint density at radius 2 is 2.11 bits per heavy atom. The highest BCUT2D eigenvalue weighted by molar-refractivity contribution is 5.34. The van der Waals surface area contributed by atoms with Gasteiger partial charge in [0.25, 0.3) is 0 Å². The first-order valence-corrected chi connectivity index (χ1v) is 7.15. The van der Waals surface area contributed by atoms with Crippen LogP contribution in [-0.4, -0.2) is 17.1 Å². The number of nitrogen functional groups attached to an aromatic ring is 1. The average molecular weight is 264 g/mol. The van der Waals surface area contributed by atoms with Crippen molar-refractivity contribution in [1.82, 2.24) is 9.97 Å². The largest absolute Gasteiger partial charge is 0.373 e. The van der Waals surface area contributed by atoms with Crippen LogP contribution in [0.15, 0.2) is 6.07 Å². The maximum absolute atomic E-state index is 5.68. The van der Waals surface area contributed by atoms with Gasteiger partial charge in [0.2, 0.25) is 0 Å². The van der Waals surface area contributed by atoms with Crippen LogP contribution in [0.25, 0.3) is 0 Å². The molecule has 1 aromatic rings. The monoisotopic (exact) mass is 264 g/mol. The smallest absolute Gasteiger partial charge is 0.160 e. The van der Waals surface area contributed by atoms with E-state index < -0.39 is 0 Å². The second-order valence-electron chi connectivity index (χ2n) is 5.16. The van der Waals surface area contributed by atoms with Crippen molar-refractivity contribution in [3.63, 3.8) is 0 Å². The molecule has 3 N–H and O–H groups in total. The SMILES string of the molecule is CCc1cc(NN)nc(C(OC)C2CCCCC2)n1. The second kappa shape index (κ2) is 6.82. The summed E-state index contributed by atoms with van der Waals surface area (Å²) in [4.78, 5) is 9.09. The number of hydrogen-bond acceptors (Lipinski definition) is 5. The predicted octanol–water partition coefficient (Wildman–Crippen LogP) is 2.59. The minimum Gasteiger partial charge on any atom is -0.373 e. The van der Waals surface area contributed by atoms with Gasteiger partial charge in [0.05, 0.1) is 0 Å². The molecule has 1 saturated carbocycles. The third-order valence-corrected chi connectivity index (χ3v) is 3.89. The standard InChI is InChI=1S/C14H24N4O/c1-3-11-9-12(18-15)17-14(16-11)13(19-2)10-7-5-4-6-8-10/h9-10,13H,3-8,15H2,1-2H3,(H,16,17,18). The number of nitrogens with zero attached hydrogens (tertiary/aromatic N) is 2. The Bertz CT molecular complexity index is 382. The molecule has 0 aliphatic heterocycles. The molecule has 1 unspecified atom stereocenters. The molecule has 1 aliphatic carbocycles. The first kappa shape index (κ1) is 14.2. The van der Waals surface area contributed by atoms with Crippen molar-refractivity contribution >= 4 is 5.82 Å². The summed E-state index contributed by atoms with van der Waals surface area (Å²) in [6.07, 6.45) is 7.13. The number of hydrazine groups is 1. The number of anilines is 1. The van der Waals surface area contributed by atoms with Crippen molar-refractivity contribution in [2.75, 3.05) is 12.5 Å². The summed E-state index contributed by atoms with van der Waals surface area (Å²) in [6, 6.07) is 1.89. The Hall–Kier alpha value is -1.20. The molecule has 1 fully saturated rings. The number of aromatic nitrogens is 2. The summed E-state index contributed by atoms with van der Waals surface area (Å²) in [5, 5.41) is 0. The zero-order valence-electron chi connectivity index (χ0n) is 11.9. The number of ether oxygens (including phenoxy) is 1. The zero-order valence-corrected chi connectivity index (χ0v) is 11.9. The Kier molecular flexibility index (Phi) is 5.10. The van der Waals surface area contributed by atoms with Gasteiger partial charge in [-0.05, 0) is 25.2 Å². The molecular weight excluding hydrogens is 240 g/mol. The molecule has 1 heterocycles. The third-order valence-electron chi connectivity index (χ3n) is 3.89. The maximum Gasteiger partial charge on any atom is 0.160 e. The van der Waals surface area contributed by atoms with Gasteiger partial charge in [-0.15, -0.1) is 0 Å². The number of hydrogen-bond donors (Lipinski definition) is 2. The molecular formula is C14H24N4O. The highest BCUT2D eigenvalue weighted by Gasteiger charge is 2.27. The van der Waals surface area contributed by atoms with E-state index in [4.69, 9.17) is 10.6 Å². The second-order valence-corrected chi connectivity index (χ2v) is 5.16. The van der Waals surface area contributed by atoms with Gasteiger partial charge in [-0.3, -0.25) is 0 Å². The van der Waals surface area contributed by atoms with Gasteiger partial charge in [-0.2, -0.15) is 0 Å². The molecule has 0 bridgehead atoms. The van der Waals surface area contributed by atoms with Crippen LogP contribution in [0.3, 0.4) is 0 Å². The van der Waals surface area contributed by atoms with Gasteiger partial charge in [0.1, 0.15) is 11.9 Å². The highest BCUT2D eigenvalue weighted by atomic mass is 16.5. The number of nitrogens with two attached hydrogens (primary N) is 1. The summed E-state index contributed by atoms with van der Waals surface area (Å²) >= 11 is 0. The maximum atomic E-state index is 5.68. The minimum atomic E-state index is -0.0149. The molecule has 5 heteroatoms. The lowest BCUT2D eigenvalue weighted by Crippen LogP contribution is -2.21. The van der Waals surface area contributed by atoms with Crippen molar-refractivity contribution in [2.45, 2.75) is 51.6 Å². The lowest BCUT2D eigenvalue weighted by atomic mass is 9.85. The van der Waals surface area contributed by atoms with Gasteiger partial charge < -0.3 is 10.2 Å². The van der Waals surface area contributed by atoms with E-state index in [1.54, 1.807) is 7.11 Å². The molecule has 106 valence electrons. The summed E-state index contributed by atoms with van der Waals surface area (Å²) < 4.78 is 5.68. The van der Waals surface area contributed by atoms with E-state index in [1.165, 1.54) is 32.1 Å². The van der Waals surface area contributed by atoms with E-state index in [0.717, 1.165) is 17.9 Å². The van der Waals surface area contributed by atoms with Gasteiger partial charge >= 0.3 is 0 Å². The van der Waals surface area contributed by atoms with E-state index in [0.29, 0.717) is 11.7 Å². The fourth-order valence-corrected chi connectivity index (χ4v) is 2.85. The van der Waals surface area contributed by atoms with E-state index in [-0.39, 0.29) is 6.10 Å². The molecule has 0 radical (unpaired) electrons. The molecule has 19 heavy (non-hydrogen) atoms. The number of methoxy groups -OCH3 is 1. The normalized spacial score (nSPS) is 18.3. The molecule has 5 nitrogen and oxygen atoms in total. The molecule has 2 rings (SSSR count). The van der Waals surface area contributed by atoms with Crippen LogP contribution in [0, 0.1) is 5.92 Å². The molecule has 1 atom stereocenters. The van der Waals surface area contributed by atoms with Crippen LogP contribution >= 0.6 is 0 Å². The first-order chi connectivity index (χ1) is 9.28. The molecule has 1 aliphatic rings. The van der Waals surface area contributed by atoms with Crippen LogP contribution in [-0.2, 0) is 11.2 Å². The first-order valence-electron chi connectivity index (χ1n) is 7.15. The molecule has 0 aromatic carbocycles. The Labute approximate surface area is 114 Å². The quantitative estimate of drug-likeness (QED) is 0.631. The molecule has 1 aromatic heterocycles. The molecule has 0 saturated heterocycles. The molecule has 0 spiro atoms. The lowest BCUT2D eigenvalue weighted by Gasteiger charge is -2.28. The Morgan fingerprint density at radius 3 is 2.68 bits per heavy atom. The van der Waals surface area contributed by atoms with Crippen LogP contribution in [0.2, 0.25) is 0 Å². The van der Waals surface area contributed by atoms with Gasteiger partial charge in [0.15, 0.2) is 5.82 Å². The highest BCUT2D eigenvalue weighted by Crippen LogP contribution is 2.35. The van der Waals surface area contributed by atoms with E-state index in [9.17, 15) is 0 Å². The van der Waals surface area contributed by atoms with E-state index in [2.05, 4.69) is 22.3 Å². The van der Waals surface area contributed by atoms with Crippen molar-refractivity contribution in [3.05, 3.63) is 17.6 Å². The third kappa shape index (κ3) is 3.42. The summed E-state index contributed by atoms with van der Waals surface area (Å²) in [5.74, 6) is 7.44. The molecule has 0 amide bonds. The topological polar surface area (TPSA) is 73.1 Å². The summed E-state index contributed by atoms with van der Waals surface area (Å²) in [7, 11) is 1.75. The zero-order chi connectivity index (χ0) is 13.7. The fourth-order valence-electron chi connectivity index (χ4n) is 2.85. The fraction of sp³-hybridized carbons (Fsp3) is 0.714. The van der Waals surface area contributed by atoms with Gasteiger partial charge in [-0.1, -0.05) is 26.2 Å². The van der Waals surface area contributed by atoms with Crippen molar-refractivity contribution < 1.29 is 4.74 Å². The number of nitrogens with one attached hydrogen (secondary N) is 1. The summed E-state index contributed by atoms with van der Waals surface area (Å²) in [6.45, 7) is 2.08. The number of aryl methyl sites for hydroxylation is 1. The number of rotatable bonds is 5. The Balaban J connectivity index is 2.25. The van der Waals surface area contributed by atoms with E-state index in [1.807, 2.05) is 6.07 Å². The van der Waals surface area contributed by atoms with Crippen LogP contribution in [0.5, 0.6) is 0 Å². The van der Waals surface area contributed by atoms with Crippen molar-refractivity contribution in [2.24, 2.45) is 11.8 Å². The Morgan fingerprint density at radius 1 is 1.37 bits per heavy atom. The van der Waals surface area contributed by atoms with Gasteiger partial charge in [-0.25, -0.2) is 15.8 Å². The van der Waals surface area contributed by atoms with E-state index >= 15 is 0 Å². The summed E-state index contributed by atoms with van der Waals surface area (Å²) in [5.41, 5.74) is 3.61. The van der Waals surface area contributed by atoms with Crippen LogP contribution < -0.4 is 11.3 Å². The van der Waals surface area contributed by atoms with Crippen LogP contribution in [0.4, 0.5) is 5.82 Å². The van der Waals surface area contributed by atoms with Crippen LogP contribution in [0.1, 0.15) is 56.7 Å². The predicted molar refractivity (Wildman–Crippen MR) is 75.5 cm³/mol. The van der Waals surface area contributed by atoms with Gasteiger partial charge in [0, 0.05) is 18.9 Å². The van der Waals surface area contributed by atoms with Crippen molar-refractivity contribution in [3.8, 4) is 0 Å². The minimum absolute atomic E-state index is 0.0149. The van der Waals surface area contributed by atoms with Crippen molar-refractivity contribution in [1.29, 1.82) is 0 Å². The average Bonchev–Trinajstić information content (AvgIpc) is 2.48.